The van der Waals surface area contributed by atoms with Crippen molar-refractivity contribution >= 4 is 15.9 Å². The van der Waals surface area contributed by atoms with E-state index >= 15 is 0 Å². The van der Waals surface area contributed by atoms with Crippen molar-refractivity contribution in [3.05, 3.63) is 40.2 Å². The lowest BCUT2D eigenvalue weighted by Crippen LogP contribution is -2.07. The molecule has 0 N–H and O–H groups in total. The van der Waals surface area contributed by atoms with Crippen LogP contribution in [0.1, 0.15) is 17.5 Å². The van der Waals surface area contributed by atoms with Crippen molar-refractivity contribution in [1.82, 2.24) is 0 Å². The molecular weight excluding hydrogens is 257 g/mol. The maximum Gasteiger partial charge on any atom is 0.389 e. The number of aryl methyl sites for hydroxylation is 1. The molecule has 0 saturated carbocycles. The van der Waals surface area contributed by atoms with Crippen LogP contribution < -0.4 is 0 Å². The summed E-state index contributed by atoms with van der Waals surface area (Å²) in [6.45, 7) is 1.84. The second-order valence-electron chi connectivity index (χ2n) is 3.09. The van der Waals surface area contributed by atoms with E-state index in [1.54, 1.807) is 12.1 Å². The maximum atomic E-state index is 11.9. The number of benzene rings is 1. The van der Waals surface area contributed by atoms with E-state index in [4.69, 9.17) is 0 Å². The molecule has 0 aliphatic rings. The highest BCUT2D eigenvalue weighted by atomic mass is 79.9. The first-order chi connectivity index (χ1) is 6.37. The van der Waals surface area contributed by atoms with Gasteiger partial charge in [0.2, 0.25) is 0 Å². The van der Waals surface area contributed by atoms with Gasteiger partial charge < -0.3 is 0 Å². The summed E-state index contributed by atoms with van der Waals surface area (Å²) in [6, 6.07) is 5.24. The van der Waals surface area contributed by atoms with Crippen LogP contribution in [0.15, 0.2) is 22.7 Å². The minimum absolute atomic E-state index is 0.592. The van der Waals surface area contributed by atoms with Crippen LogP contribution in [0.5, 0.6) is 0 Å². The van der Waals surface area contributed by atoms with Crippen LogP contribution in [0, 0.1) is 13.3 Å². The minimum Gasteiger partial charge on any atom is -0.171 e. The van der Waals surface area contributed by atoms with E-state index in [2.05, 4.69) is 15.9 Å². The number of halogens is 4. The first-order valence-electron chi connectivity index (χ1n) is 4.04. The fourth-order valence-electron chi connectivity index (χ4n) is 1.12. The Labute approximate surface area is 89.3 Å². The highest BCUT2D eigenvalue weighted by Crippen LogP contribution is 2.25. The molecule has 77 valence electrons. The van der Waals surface area contributed by atoms with Gasteiger partial charge >= 0.3 is 6.18 Å². The standard InChI is InChI=1S/C10H9BrF3/c1-7-4-8(6-9(11)5-7)2-3-10(12,13)14/h2,4-6H,3H2,1H3. The van der Waals surface area contributed by atoms with E-state index in [-0.39, 0.29) is 0 Å². The second-order valence-corrected chi connectivity index (χ2v) is 4.00. The number of hydrogen-bond donors (Lipinski definition) is 0. The Hall–Kier alpha value is -0.510. The van der Waals surface area contributed by atoms with Crippen molar-refractivity contribution in [1.29, 1.82) is 0 Å². The average Bonchev–Trinajstić information content (AvgIpc) is 1.97. The van der Waals surface area contributed by atoms with E-state index < -0.39 is 12.6 Å². The maximum absolute atomic E-state index is 11.9. The molecule has 14 heavy (non-hydrogen) atoms. The fourth-order valence-corrected chi connectivity index (χ4v) is 1.74. The largest absolute Gasteiger partial charge is 0.389 e. The van der Waals surface area contributed by atoms with Crippen molar-refractivity contribution in [3.8, 4) is 0 Å². The summed E-state index contributed by atoms with van der Waals surface area (Å²) >= 11 is 3.23. The lowest BCUT2D eigenvalue weighted by atomic mass is 10.1. The zero-order valence-electron chi connectivity index (χ0n) is 7.53. The van der Waals surface area contributed by atoms with Gasteiger partial charge in [0, 0.05) is 4.47 Å². The van der Waals surface area contributed by atoms with Gasteiger partial charge in [-0.1, -0.05) is 22.0 Å². The summed E-state index contributed by atoms with van der Waals surface area (Å²) < 4.78 is 36.5. The molecule has 4 heteroatoms. The summed E-state index contributed by atoms with van der Waals surface area (Å²) in [5, 5.41) is 0. The molecule has 0 amide bonds. The fraction of sp³-hybridized carbons (Fsp3) is 0.300. The van der Waals surface area contributed by atoms with Crippen LogP contribution in [0.25, 0.3) is 0 Å². The molecule has 0 fully saturated rings. The molecule has 0 unspecified atom stereocenters. The molecule has 0 saturated heterocycles. The summed E-state index contributed by atoms with van der Waals surface area (Å²) in [4.78, 5) is 0. The van der Waals surface area contributed by atoms with Crippen molar-refractivity contribution < 1.29 is 13.2 Å². The number of alkyl halides is 3. The molecule has 1 aromatic carbocycles. The van der Waals surface area contributed by atoms with Crippen LogP contribution in [-0.4, -0.2) is 6.18 Å². The average molecular weight is 266 g/mol. The van der Waals surface area contributed by atoms with E-state index in [0.717, 1.165) is 10.0 Å². The van der Waals surface area contributed by atoms with Gasteiger partial charge in [-0.15, -0.1) is 0 Å². The molecule has 0 atom stereocenters. The Morgan fingerprint density at radius 1 is 1.29 bits per heavy atom. The van der Waals surface area contributed by atoms with Crippen LogP contribution >= 0.6 is 15.9 Å². The Kier molecular flexibility index (Phi) is 3.59. The van der Waals surface area contributed by atoms with E-state index in [9.17, 15) is 13.2 Å². The van der Waals surface area contributed by atoms with Gasteiger partial charge in [-0.2, -0.15) is 13.2 Å². The molecule has 0 aliphatic heterocycles. The molecule has 0 aliphatic carbocycles. The van der Waals surface area contributed by atoms with Crippen LogP contribution in [0.4, 0.5) is 13.2 Å². The first-order valence-corrected chi connectivity index (χ1v) is 4.83. The van der Waals surface area contributed by atoms with Gasteiger partial charge in [-0.05, 0) is 36.6 Å². The van der Waals surface area contributed by atoms with Gasteiger partial charge in [0.05, 0.1) is 6.42 Å². The van der Waals surface area contributed by atoms with Crippen molar-refractivity contribution in [2.24, 2.45) is 0 Å². The molecular formula is C10H9BrF3. The molecule has 1 aromatic rings. The summed E-state index contributed by atoms with van der Waals surface area (Å²) in [5.41, 5.74) is 1.53. The summed E-state index contributed by atoms with van der Waals surface area (Å²) in [5.74, 6) is 0. The highest BCUT2D eigenvalue weighted by molar-refractivity contribution is 9.10. The SMILES string of the molecule is Cc1cc(Br)cc([CH]CC(F)(F)F)c1. The zero-order chi connectivity index (χ0) is 10.8. The Morgan fingerprint density at radius 2 is 1.93 bits per heavy atom. The second kappa shape index (κ2) is 4.34. The smallest absolute Gasteiger partial charge is 0.171 e. The van der Waals surface area contributed by atoms with Crippen LogP contribution in [0.2, 0.25) is 0 Å². The zero-order valence-corrected chi connectivity index (χ0v) is 9.11. The lowest BCUT2D eigenvalue weighted by molar-refractivity contribution is -0.127. The first kappa shape index (κ1) is 11.6. The van der Waals surface area contributed by atoms with Crippen LogP contribution in [-0.2, 0) is 0 Å². The quantitative estimate of drug-likeness (QED) is 0.750. The van der Waals surface area contributed by atoms with Gasteiger partial charge in [0.25, 0.3) is 0 Å². The molecule has 0 bridgehead atoms. The predicted octanol–water partition coefficient (Wildman–Crippen LogP) is 4.26. The molecule has 0 spiro atoms. The Morgan fingerprint density at radius 3 is 2.43 bits per heavy atom. The van der Waals surface area contributed by atoms with Crippen molar-refractivity contribution in [3.63, 3.8) is 0 Å². The molecule has 0 heterocycles. The van der Waals surface area contributed by atoms with Gasteiger partial charge in [0.1, 0.15) is 0 Å². The predicted molar refractivity (Wildman–Crippen MR) is 53.0 cm³/mol. The molecule has 1 radical (unpaired) electrons. The van der Waals surface area contributed by atoms with Crippen molar-refractivity contribution in [2.45, 2.75) is 19.5 Å². The Bertz CT molecular complexity index is 297. The Balaban J connectivity index is 2.68. The van der Waals surface area contributed by atoms with Gasteiger partial charge in [-0.3, -0.25) is 0 Å². The molecule has 0 nitrogen and oxygen atoms in total. The van der Waals surface area contributed by atoms with E-state index in [1.807, 2.05) is 13.0 Å². The minimum atomic E-state index is -4.13. The van der Waals surface area contributed by atoms with E-state index in [1.165, 1.54) is 6.42 Å². The molecule has 0 aromatic heterocycles. The van der Waals surface area contributed by atoms with E-state index in [0.29, 0.717) is 5.56 Å². The monoisotopic (exact) mass is 265 g/mol. The summed E-state index contributed by atoms with van der Waals surface area (Å²) in [7, 11) is 0. The topological polar surface area (TPSA) is 0 Å². The number of rotatable bonds is 2. The third-order valence-corrected chi connectivity index (χ3v) is 2.09. The van der Waals surface area contributed by atoms with Crippen molar-refractivity contribution in [2.75, 3.05) is 0 Å². The van der Waals surface area contributed by atoms with Gasteiger partial charge in [0.15, 0.2) is 0 Å². The molecule has 1 rings (SSSR count). The lowest BCUT2D eigenvalue weighted by Gasteiger charge is -2.06. The third kappa shape index (κ3) is 4.13. The summed E-state index contributed by atoms with van der Waals surface area (Å²) in [6.07, 6.45) is -3.84. The third-order valence-electron chi connectivity index (χ3n) is 1.63. The highest BCUT2D eigenvalue weighted by Gasteiger charge is 2.26. The number of hydrogen-bond acceptors (Lipinski definition) is 0. The van der Waals surface area contributed by atoms with Crippen LogP contribution in [0.3, 0.4) is 0 Å². The van der Waals surface area contributed by atoms with Gasteiger partial charge in [-0.25, -0.2) is 0 Å². The normalized spacial score (nSPS) is 11.8.